The maximum Gasteiger partial charge on any atom is 0.0540 e. The summed E-state index contributed by atoms with van der Waals surface area (Å²) in [5.74, 6) is 1.53. The van der Waals surface area contributed by atoms with Crippen LogP contribution in [0.1, 0.15) is 66.2 Å². The van der Waals surface area contributed by atoms with E-state index in [1.54, 1.807) is 0 Å². The number of rotatable bonds is 8. The maximum absolute atomic E-state index is 9.66. The van der Waals surface area contributed by atoms with Gasteiger partial charge in [0.2, 0.25) is 0 Å². The highest BCUT2D eigenvalue weighted by molar-refractivity contribution is 4.58. The van der Waals surface area contributed by atoms with Gasteiger partial charge < -0.3 is 5.11 Å². The van der Waals surface area contributed by atoms with Crippen molar-refractivity contribution < 1.29 is 5.11 Å². The fourth-order valence-electron chi connectivity index (χ4n) is 1.60. The van der Waals surface area contributed by atoms with E-state index in [-0.39, 0.29) is 6.10 Å². The van der Waals surface area contributed by atoms with E-state index < -0.39 is 0 Å². The largest absolute Gasteiger partial charge is 0.393 e. The average Bonchev–Trinajstić information content (AvgIpc) is 2.08. The molecular weight excluding hydrogens is 172 g/mol. The second kappa shape index (κ2) is 8.28. The van der Waals surface area contributed by atoms with E-state index in [9.17, 15) is 5.11 Å². The molecule has 0 aliphatic carbocycles. The van der Waals surface area contributed by atoms with E-state index in [0.717, 1.165) is 31.1 Å². The molecule has 1 N–H and O–H groups in total. The van der Waals surface area contributed by atoms with Crippen molar-refractivity contribution in [2.75, 3.05) is 0 Å². The molecule has 0 aromatic heterocycles. The first-order chi connectivity index (χ1) is 6.52. The molecule has 1 heteroatoms. The van der Waals surface area contributed by atoms with E-state index >= 15 is 0 Å². The van der Waals surface area contributed by atoms with Crippen molar-refractivity contribution in [2.24, 2.45) is 11.8 Å². The molecule has 0 amide bonds. The molecule has 1 unspecified atom stereocenters. The van der Waals surface area contributed by atoms with Crippen LogP contribution in [-0.4, -0.2) is 11.2 Å². The smallest absolute Gasteiger partial charge is 0.0540 e. The molecule has 1 nitrogen and oxygen atoms in total. The Kier molecular flexibility index (Phi) is 8.26. The standard InChI is InChI=1S/C13H28O/c1-11(2)7-5-6-8-13(14)10-9-12(3)4/h11-14H,5-10H2,1-4H3. The minimum Gasteiger partial charge on any atom is -0.393 e. The van der Waals surface area contributed by atoms with E-state index in [1.165, 1.54) is 19.3 Å². The lowest BCUT2D eigenvalue weighted by molar-refractivity contribution is 0.143. The summed E-state index contributed by atoms with van der Waals surface area (Å²) in [7, 11) is 0. The zero-order chi connectivity index (χ0) is 11.0. The number of aliphatic hydroxyl groups is 1. The second-order valence-electron chi connectivity index (χ2n) is 5.30. The van der Waals surface area contributed by atoms with E-state index in [1.807, 2.05) is 0 Å². The molecule has 0 fully saturated rings. The van der Waals surface area contributed by atoms with Gasteiger partial charge in [-0.25, -0.2) is 0 Å². The van der Waals surface area contributed by atoms with Crippen LogP contribution in [0.2, 0.25) is 0 Å². The van der Waals surface area contributed by atoms with Gasteiger partial charge in [-0.2, -0.15) is 0 Å². The Morgan fingerprint density at radius 3 is 1.71 bits per heavy atom. The molecule has 0 spiro atoms. The summed E-state index contributed by atoms with van der Waals surface area (Å²) in [5, 5.41) is 9.66. The molecule has 0 saturated heterocycles. The molecule has 0 saturated carbocycles. The Morgan fingerprint density at radius 2 is 1.21 bits per heavy atom. The van der Waals surface area contributed by atoms with E-state index in [0.29, 0.717) is 0 Å². The van der Waals surface area contributed by atoms with Crippen molar-refractivity contribution in [1.82, 2.24) is 0 Å². The lowest BCUT2D eigenvalue weighted by Gasteiger charge is -2.12. The van der Waals surface area contributed by atoms with Gasteiger partial charge in [0.05, 0.1) is 6.10 Å². The van der Waals surface area contributed by atoms with E-state index in [2.05, 4.69) is 27.7 Å². The predicted molar refractivity (Wildman–Crippen MR) is 63.4 cm³/mol. The van der Waals surface area contributed by atoms with Crippen LogP contribution in [0, 0.1) is 11.8 Å². The highest BCUT2D eigenvalue weighted by Crippen LogP contribution is 2.14. The molecule has 0 aliphatic heterocycles. The first-order valence-electron chi connectivity index (χ1n) is 6.20. The van der Waals surface area contributed by atoms with Crippen LogP contribution >= 0.6 is 0 Å². The third-order valence-electron chi connectivity index (χ3n) is 2.65. The van der Waals surface area contributed by atoms with Gasteiger partial charge in [-0.05, 0) is 31.1 Å². The van der Waals surface area contributed by atoms with Crippen molar-refractivity contribution >= 4 is 0 Å². The average molecular weight is 200 g/mol. The number of unbranched alkanes of at least 4 members (excludes halogenated alkanes) is 1. The summed E-state index contributed by atoms with van der Waals surface area (Å²) in [6, 6.07) is 0. The summed E-state index contributed by atoms with van der Waals surface area (Å²) in [6.45, 7) is 8.95. The molecule has 0 rings (SSSR count). The number of hydrogen-bond acceptors (Lipinski definition) is 1. The molecule has 0 aromatic rings. The monoisotopic (exact) mass is 200 g/mol. The minimum absolute atomic E-state index is 0.0513. The number of hydrogen-bond donors (Lipinski definition) is 1. The van der Waals surface area contributed by atoms with Crippen molar-refractivity contribution in [1.29, 1.82) is 0 Å². The second-order valence-corrected chi connectivity index (χ2v) is 5.30. The van der Waals surface area contributed by atoms with Crippen LogP contribution in [0.5, 0.6) is 0 Å². The molecule has 0 heterocycles. The van der Waals surface area contributed by atoms with Gasteiger partial charge >= 0.3 is 0 Å². The summed E-state index contributed by atoms with van der Waals surface area (Å²) in [5.41, 5.74) is 0. The Hall–Kier alpha value is -0.0400. The Balaban J connectivity index is 3.22. The molecule has 1 atom stereocenters. The summed E-state index contributed by atoms with van der Waals surface area (Å²) in [4.78, 5) is 0. The normalized spacial score (nSPS) is 13.9. The fourth-order valence-corrected chi connectivity index (χ4v) is 1.60. The lowest BCUT2D eigenvalue weighted by Crippen LogP contribution is -2.07. The van der Waals surface area contributed by atoms with Crippen LogP contribution in [0.25, 0.3) is 0 Å². The minimum atomic E-state index is -0.0513. The van der Waals surface area contributed by atoms with Crippen LogP contribution < -0.4 is 0 Å². The first kappa shape index (κ1) is 14.0. The van der Waals surface area contributed by atoms with Gasteiger partial charge in [-0.15, -0.1) is 0 Å². The van der Waals surface area contributed by atoms with Crippen LogP contribution in [-0.2, 0) is 0 Å². The maximum atomic E-state index is 9.66. The Morgan fingerprint density at radius 1 is 0.714 bits per heavy atom. The van der Waals surface area contributed by atoms with Gasteiger partial charge in [-0.1, -0.05) is 47.0 Å². The Labute approximate surface area is 89.9 Å². The van der Waals surface area contributed by atoms with Gasteiger partial charge in [0.15, 0.2) is 0 Å². The topological polar surface area (TPSA) is 20.2 Å². The molecular formula is C13H28O. The van der Waals surface area contributed by atoms with Crippen molar-refractivity contribution in [3.63, 3.8) is 0 Å². The number of aliphatic hydroxyl groups excluding tert-OH is 1. The first-order valence-corrected chi connectivity index (χ1v) is 6.20. The molecule has 0 aliphatic rings. The third kappa shape index (κ3) is 10.0. The van der Waals surface area contributed by atoms with Crippen LogP contribution in [0.15, 0.2) is 0 Å². The van der Waals surface area contributed by atoms with Gasteiger partial charge in [0, 0.05) is 0 Å². The van der Waals surface area contributed by atoms with Gasteiger partial charge in [0.1, 0.15) is 0 Å². The third-order valence-corrected chi connectivity index (χ3v) is 2.65. The fraction of sp³-hybridized carbons (Fsp3) is 1.00. The predicted octanol–water partition coefficient (Wildman–Crippen LogP) is 4.00. The van der Waals surface area contributed by atoms with Gasteiger partial charge in [0.25, 0.3) is 0 Å². The van der Waals surface area contributed by atoms with Crippen LogP contribution in [0.4, 0.5) is 0 Å². The molecule has 0 bridgehead atoms. The van der Waals surface area contributed by atoms with Crippen molar-refractivity contribution in [2.45, 2.75) is 72.3 Å². The molecule has 0 aromatic carbocycles. The zero-order valence-electron chi connectivity index (χ0n) is 10.4. The molecule has 0 radical (unpaired) electrons. The summed E-state index contributed by atoms with van der Waals surface area (Å²) in [6.07, 6.45) is 6.86. The highest BCUT2D eigenvalue weighted by atomic mass is 16.3. The van der Waals surface area contributed by atoms with Gasteiger partial charge in [-0.3, -0.25) is 0 Å². The van der Waals surface area contributed by atoms with E-state index in [4.69, 9.17) is 0 Å². The van der Waals surface area contributed by atoms with Crippen molar-refractivity contribution in [3.8, 4) is 0 Å². The molecule has 14 heavy (non-hydrogen) atoms. The quantitative estimate of drug-likeness (QED) is 0.587. The molecule has 86 valence electrons. The summed E-state index contributed by atoms with van der Waals surface area (Å²) >= 11 is 0. The SMILES string of the molecule is CC(C)CCCCC(O)CCC(C)C. The Bertz CT molecular complexity index is 118. The van der Waals surface area contributed by atoms with Crippen LogP contribution in [0.3, 0.4) is 0 Å². The van der Waals surface area contributed by atoms with Crippen molar-refractivity contribution in [3.05, 3.63) is 0 Å². The zero-order valence-corrected chi connectivity index (χ0v) is 10.4. The summed E-state index contributed by atoms with van der Waals surface area (Å²) < 4.78 is 0. The lowest BCUT2D eigenvalue weighted by atomic mass is 9.99. The highest BCUT2D eigenvalue weighted by Gasteiger charge is 2.05.